The van der Waals surface area contributed by atoms with Crippen LogP contribution in [0, 0.1) is 18.2 Å². The zero-order valence-electron chi connectivity index (χ0n) is 22.2. The Morgan fingerprint density at radius 3 is 2.39 bits per heavy atom. The number of sulfone groups is 1. The third kappa shape index (κ3) is 5.57. The molecule has 12 heteroatoms. The topological polar surface area (TPSA) is 102 Å². The Morgan fingerprint density at radius 1 is 1.16 bits per heavy atom. The highest BCUT2D eigenvalue weighted by molar-refractivity contribution is 9.10. The molecule has 208 valence electrons. The molecule has 3 aliphatic heterocycles. The quantitative estimate of drug-likeness (QED) is 0.494. The van der Waals surface area contributed by atoms with Crippen molar-refractivity contribution < 1.29 is 27.1 Å². The van der Waals surface area contributed by atoms with E-state index in [9.17, 15) is 13.2 Å². The van der Waals surface area contributed by atoms with Crippen molar-refractivity contribution in [3.8, 4) is 6.01 Å². The van der Waals surface area contributed by atoms with Gasteiger partial charge in [0, 0.05) is 37.0 Å². The summed E-state index contributed by atoms with van der Waals surface area (Å²) in [4.78, 5) is 25.4. The standard InChI is InChI=1S/C26H34BrFN4O5S/c1-16-13-18-21(20(28)19(16)27)29-23(36-17-5-11-38(34,35)12-6-17)30-22(18)31-9-7-26(8-10-31)14-32(15-26)24(33)37-25(2,3)4/h13,17H,5-12,14-15H2,1-4H3. The summed E-state index contributed by atoms with van der Waals surface area (Å²) < 4.78 is 50.9. The minimum atomic E-state index is -3.04. The van der Waals surface area contributed by atoms with Gasteiger partial charge in [0.2, 0.25) is 0 Å². The molecule has 2 aromatic rings. The molecule has 5 rings (SSSR count). The minimum Gasteiger partial charge on any atom is -0.460 e. The average Bonchev–Trinajstić information content (AvgIpc) is 2.81. The van der Waals surface area contributed by atoms with Gasteiger partial charge in [-0.25, -0.2) is 17.6 Å². The second kappa shape index (κ2) is 9.76. The SMILES string of the molecule is Cc1cc2c(N3CCC4(CC3)CN(C(=O)OC(C)(C)C)C4)nc(OC3CCS(=O)(=O)CC3)nc2c(F)c1Br. The number of hydrogen-bond acceptors (Lipinski definition) is 8. The van der Waals surface area contributed by atoms with Gasteiger partial charge in [0.15, 0.2) is 15.7 Å². The number of carbonyl (C=O) groups excluding carboxylic acids is 1. The molecule has 1 aromatic heterocycles. The van der Waals surface area contributed by atoms with Gasteiger partial charge in [0.1, 0.15) is 23.0 Å². The summed E-state index contributed by atoms with van der Waals surface area (Å²) >= 11 is 3.32. The predicted molar refractivity (Wildman–Crippen MR) is 146 cm³/mol. The first-order valence-electron chi connectivity index (χ1n) is 13.0. The zero-order chi connectivity index (χ0) is 27.5. The van der Waals surface area contributed by atoms with E-state index < -0.39 is 21.3 Å². The number of benzene rings is 1. The van der Waals surface area contributed by atoms with E-state index in [0.29, 0.717) is 54.7 Å². The van der Waals surface area contributed by atoms with Crippen LogP contribution in [0.2, 0.25) is 0 Å². The van der Waals surface area contributed by atoms with Crippen molar-refractivity contribution in [2.75, 3.05) is 42.6 Å². The number of fused-ring (bicyclic) bond motifs is 1. The zero-order valence-corrected chi connectivity index (χ0v) is 24.6. The minimum absolute atomic E-state index is 0.0490. The molecule has 0 aliphatic carbocycles. The lowest BCUT2D eigenvalue weighted by Gasteiger charge is -2.53. The number of piperidine rings is 1. The predicted octanol–water partition coefficient (Wildman–Crippen LogP) is 4.63. The van der Waals surface area contributed by atoms with Gasteiger partial charge in [-0.2, -0.15) is 9.97 Å². The average molecular weight is 614 g/mol. The molecule has 1 amide bonds. The van der Waals surface area contributed by atoms with Crippen molar-refractivity contribution >= 4 is 48.6 Å². The number of aryl methyl sites for hydroxylation is 1. The summed E-state index contributed by atoms with van der Waals surface area (Å²) in [6.45, 7) is 10.2. The molecule has 9 nitrogen and oxygen atoms in total. The molecule has 0 atom stereocenters. The molecular formula is C26H34BrFN4O5S. The van der Waals surface area contributed by atoms with Crippen molar-refractivity contribution in [2.45, 2.75) is 65.1 Å². The van der Waals surface area contributed by atoms with Gasteiger partial charge in [-0.3, -0.25) is 0 Å². The van der Waals surface area contributed by atoms with Gasteiger partial charge in [-0.15, -0.1) is 0 Å². The molecule has 0 saturated carbocycles. The fourth-order valence-electron chi connectivity index (χ4n) is 5.45. The van der Waals surface area contributed by atoms with Gasteiger partial charge in [-0.1, -0.05) is 0 Å². The normalized spacial score (nSPS) is 21.4. The number of likely N-dealkylation sites (tertiary alicyclic amines) is 1. The third-order valence-electron chi connectivity index (χ3n) is 7.61. The number of rotatable bonds is 3. The maximum atomic E-state index is 15.3. The first-order valence-corrected chi connectivity index (χ1v) is 15.6. The maximum absolute atomic E-state index is 15.3. The van der Waals surface area contributed by atoms with Crippen LogP contribution in [-0.4, -0.2) is 78.8 Å². The number of ether oxygens (including phenoxy) is 2. The molecule has 4 heterocycles. The Labute approximate surface area is 231 Å². The van der Waals surface area contributed by atoms with Crippen LogP contribution in [0.5, 0.6) is 6.01 Å². The molecule has 38 heavy (non-hydrogen) atoms. The number of amides is 1. The molecule has 0 radical (unpaired) electrons. The first-order chi connectivity index (χ1) is 17.7. The van der Waals surface area contributed by atoms with E-state index in [2.05, 4.69) is 25.8 Å². The van der Waals surface area contributed by atoms with Gasteiger partial charge in [0.25, 0.3) is 0 Å². The Morgan fingerprint density at radius 2 is 1.79 bits per heavy atom. The maximum Gasteiger partial charge on any atom is 0.410 e. The van der Waals surface area contributed by atoms with E-state index in [1.54, 1.807) is 4.90 Å². The second-order valence-electron chi connectivity index (χ2n) is 11.8. The van der Waals surface area contributed by atoms with Gasteiger partial charge in [-0.05, 0) is 80.9 Å². The third-order valence-corrected chi connectivity index (χ3v) is 10.3. The van der Waals surface area contributed by atoms with Crippen molar-refractivity contribution in [2.24, 2.45) is 5.41 Å². The number of carbonyl (C=O) groups is 1. The molecule has 3 aliphatic rings. The van der Waals surface area contributed by atoms with Crippen molar-refractivity contribution in [3.63, 3.8) is 0 Å². The summed E-state index contributed by atoms with van der Waals surface area (Å²) in [7, 11) is -3.04. The first kappa shape index (κ1) is 27.4. The number of anilines is 1. The summed E-state index contributed by atoms with van der Waals surface area (Å²) in [5, 5.41) is 0.613. The van der Waals surface area contributed by atoms with Gasteiger partial charge < -0.3 is 19.3 Å². The van der Waals surface area contributed by atoms with Crippen LogP contribution in [0.4, 0.5) is 15.0 Å². The Kier molecular flexibility index (Phi) is 7.03. The highest BCUT2D eigenvalue weighted by Gasteiger charge is 2.48. The lowest BCUT2D eigenvalue weighted by atomic mass is 9.72. The Bertz CT molecular complexity index is 1350. The monoisotopic (exact) mass is 612 g/mol. The lowest BCUT2D eigenvalue weighted by molar-refractivity contribution is -0.0434. The molecular weight excluding hydrogens is 579 g/mol. The van der Waals surface area contributed by atoms with Crippen LogP contribution < -0.4 is 9.64 Å². The van der Waals surface area contributed by atoms with E-state index in [0.717, 1.165) is 18.4 Å². The van der Waals surface area contributed by atoms with Crippen molar-refractivity contribution in [3.05, 3.63) is 21.9 Å². The fourth-order valence-corrected chi connectivity index (χ4v) is 7.20. The number of hydrogen-bond donors (Lipinski definition) is 0. The molecule has 3 fully saturated rings. The summed E-state index contributed by atoms with van der Waals surface area (Å²) in [6, 6.07) is 1.94. The summed E-state index contributed by atoms with van der Waals surface area (Å²) in [6.07, 6.45) is 1.85. The van der Waals surface area contributed by atoms with Crippen LogP contribution in [0.3, 0.4) is 0 Å². The van der Waals surface area contributed by atoms with Gasteiger partial charge >= 0.3 is 12.1 Å². The van der Waals surface area contributed by atoms with E-state index in [-0.39, 0.29) is 40.6 Å². The molecule has 1 spiro atoms. The van der Waals surface area contributed by atoms with E-state index >= 15 is 4.39 Å². The van der Waals surface area contributed by atoms with Crippen molar-refractivity contribution in [1.82, 2.24) is 14.9 Å². The van der Waals surface area contributed by atoms with Crippen LogP contribution in [0.25, 0.3) is 10.9 Å². The van der Waals surface area contributed by atoms with E-state index in [4.69, 9.17) is 14.5 Å². The summed E-state index contributed by atoms with van der Waals surface area (Å²) in [5.41, 5.74) is 0.441. The van der Waals surface area contributed by atoms with Gasteiger partial charge in [0.05, 0.1) is 16.0 Å². The van der Waals surface area contributed by atoms with Crippen LogP contribution in [0.1, 0.15) is 52.0 Å². The van der Waals surface area contributed by atoms with Crippen molar-refractivity contribution in [1.29, 1.82) is 0 Å². The number of halogens is 2. The molecule has 1 aromatic carbocycles. The smallest absolute Gasteiger partial charge is 0.410 e. The fraction of sp³-hybridized carbons (Fsp3) is 0.654. The number of aromatic nitrogens is 2. The lowest BCUT2D eigenvalue weighted by Crippen LogP contribution is -2.62. The second-order valence-corrected chi connectivity index (χ2v) is 14.9. The Balaban J connectivity index is 1.35. The van der Waals surface area contributed by atoms with E-state index in [1.807, 2.05) is 33.8 Å². The van der Waals surface area contributed by atoms with Crippen LogP contribution >= 0.6 is 15.9 Å². The summed E-state index contributed by atoms with van der Waals surface area (Å²) in [5.74, 6) is 0.263. The van der Waals surface area contributed by atoms with Crippen LogP contribution in [-0.2, 0) is 14.6 Å². The Hall–Kier alpha value is -2.21. The number of nitrogens with zero attached hydrogens (tertiary/aromatic N) is 4. The molecule has 0 unspecified atom stereocenters. The largest absolute Gasteiger partial charge is 0.460 e. The molecule has 3 saturated heterocycles. The highest BCUT2D eigenvalue weighted by atomic mass is 79.9. The highest BCUT2D eigenvalue weighted by Crippen LogP contribution is 2.43. The molecule has 0 bridgehead atoms. The van der Waals surface area contributed by atoms with E-state index in [1.165, 1.54) is 0 Å². The molecule has 0 N–H and O–H groups in total. The van der Waals surface area contributed by atoms with Crippen LogP contribution in [0.15, 0.2) is 10.5 Å².